The van der Waals surface area contributed by atoms with E-state index in [1.165, 1.54) is 5.57 Å². The summed E-state index contributed by atoms with van der Waals surface area (Å²) >= 11 is 0. The summed E-state index contributed by atoms with van der Waals surface area (Å²) in [5.74, 6) is 0.777. The molecule has 1 N–H and O–H groups in total. The summed E-state index contributed by atoms with van der Waals surface area (Å²) in [5, 5.41) is 0. The van der Waals surface area contributed by atoms with Crippen LogP contribution in [-0.2, 0) is 14.0 Å². The number of likely N-dealkylation sites (tertiary alicyclic amines) is 1. The van der Waals surface area contributed by atoms with Crippen LogP contribution in [0.25, 0.3) is 11.3 Å². The molecule has 1 aliphatic carbocycles. The normalized spacial score (nSPS) is 25.1. The molecule has 3 heterocycles. The second-order valence-electron chi connectivity index (χ2n) is 11.2. The summed E-state index contributed by atoms with van der Waals surface area (Å²) in [7, 11) is -0.387. The summed E-state index contributed by atoms with van der Waals surface area (Å²) in [4.78, 5) is 22.7. The van der Waals surface area contributed by atoms with Gasteiger partial charge in [-0.25, -0.2) is 9.78 Å². The molecule has 1 amide bonds. The molecule has 2 atom stereocenters. The Bertz CT molecular complexity index is 1100. The number of carbonyl (C=O) groups is 1. The molecule has 1 aromatic heterocycles. The molecule has 0 spiro atoms. The topological polar surface area (TPSA) is 76.7 Å². The lowest BCUT2D eigenvalue weighted by Gasteiger charge is -2.32. The van der Waals surface area contributed by atoms with Gasteiger partial charge in [0, 0.05) is 0 Å². The van der Waals surface area contributed by atoms with E-state index >= 15 is 0 Å². The van der Waals surface area contributed by atoms with Crippen LogP contribution in [0, 0.1) is 0 Å². The number of nitrogens with one attached hydrogen (secondary N) is 1. The van der Waals surface area contributed by atoms with Gasteiger partial charge in [0.15, 0.2) is 0 Å². The van der Waals surface area contributed by atoms with E-state index in [9.17, 15) is 4.79 Å². The third-order valence-corrected chi connectivity index (χ3v) is 6.97. The number of nitrogens with zero attached hydrogens (tertiary/aromatic N) is 2. The smallest absolute Gasteiger partial charge is 0.444 e. The first kappa shape index (κ1) is 22.2. The molecule has 2 unspecified atom stereocenters. The van der Waals surface area contributed by atoms with Gasteiger partial charge in [0.05, 0.1) is 35.2 Å². The van der Waals surface area contributed by atoms with Gasteiger partial charge in [-0.2, -0.15) is 0 Å². The minimum atomic E-state index is -0.535. The van der Waals surface area contributed by atoms with Crippen LogP contribution in [0.5, 0.6) is 0 Å². The summed E-state index contributed by atoms with van der Waals surface area (Å²) < 4.78 is 17.9. The van der Waals surface area contributed by atoms with Crippen molar-refractivity contribution in [1.29, 1.82) is 0 Å². The van der Waals surface area contributed by atoms with Crippen LogP contribution >= 0.6 is 0 Å². The minimum absolute atomic E-state index is 0.0672. The Morgan fingerprint density at radius 1 is 1.15 bits per heavy atom. The molecular formula is C25H32BN3O4. The number of imidazole rings is 1. The fourth-order valence-corrected chi connectivity index (χ4v) is 4.35. The van der Waals surface area contributed by atoms with Crippen molar-refractivity contribution >= 4 is 18.7 Å². The van der Waals surface area contributed by atoms with Gasteiger partial charge in [0.25, 0.3) is 0 Å². The van der Waals surface area contributed by atoms with Gasteiger partial charge in [-0.3, -0.25) is 4.90 Å². The SMILES string of the molecule is CC(C)(C)OC(=O)N1C2C=C2CC1c1ncc(-c2ccc(B3OC(C)(C)C(C)(C)O3)cc2)[nH]1. The van der Waals surface area contributed by atoms with E-state index in [0.29, 0.717) is 0 Å². The highest BCUT2D eigenvalue weighted by molar-refractivity contribution is 6.62. The van der Waals surface area contributed by atoms with Crippen LogP contribution in [0.2, 0.25) is 0 Å². The van der Waals surface area contributed by atoms with E-state index in [0.717, 1.165) is 29.0 Å². The molecule has 7 nitrogen and oxygen atoms in total. The summed E-state index contributed by atoms with van der Waals surface area (Å²) in [6.07, 6.45) is 4.42. The predicted octanol–water partition coefficient (Wildman–Crippen LogP) is 4.37. The van der Waals surface area contributed by atoms with Gasteiger partial charge >= 0.3 is 13.2 Å². The summed E-state index contributed by atoms with van der Waals surface area (Å²) in [5.41, 5.74) is 2.90. The van der Waals surface area contributed by atoms with Gasteiger partial charge < -0.3 is 19.0 Å². The number of rotatable bonds is 3. The van der Waals surface area contributed by atoms with Gasteiger partial charge in [-0.1, -0.05) is 30.3 Å². The number of benzene rings is 1. The number of hydrogen-bond donors (Lipinski definition) is 1. The molecule has 8 heteroatoms. The third kappa shape index (κ3) is 4.00. The van der Waals surface area contributed by atoms with Crippen molar-refractivity contribution in [2.75, 3.05) is 0 Å². The zero-order valence-electron chi connectivity index (χ0n) is 20.4. The minimum Gasteiger partial charge on any atom is -0.444 e. The first-order chi connectivity index (χ1) is 15.3. The standard InChI is InChI=1S/C25H32BN3O4/c1-23(2,3)31-22(30)29-19-12-16(19)13-20(29)21-27-14-18(28-21)15-8-10-17(11-9-15)26-32-24(4,5)25(6,7)33-26/h8-12,14,19-20H,13H2,1-7H3,(H,27,28). The van der Waals surface area contributed by atoms with Crippen molar-refractivity contribution in [3.63, 3.8) is 0 Å². The quantitative estimate of drug-likeness (QED) is 0.557. The molecule has 0 bridgehead atoms. The van der Waals surface area contributed by atoms with Crippen molar-refractivity contribution in [3.8, 4) is 11.3 Å². The molecule has 0 saturated carbocycles. The second-order valence-corrected chi connectivity index (χ2v) is 11.2. The Hall–Kier alpha value is -2.58. The molecule has 2 fully saturated rings. The third-order valence-electron chi connectivity index (χ3n) is 6.97. The van der Waals surface area contributed by atoms with E-state index in [1.807, 2.05) is 51.2 Å². The molecule has 2 saturated heterocycles. The predicted molar refractivity (Wildman–Crippen MR) is 127 cm³/mol. The van der Waals surface area contributed by atoms with Gasteiger partial charge in [-0.05, 0) is 71.5 Å². The molecule has 2 aliphatic heterocycles. The van der Waals surface area contributed by atoms with Crippen LogP contribution in [0.15, 0.2) is 42.1 Å². The molecule has 0 radical (unpaired) electrons. The monoisotopic (exact) mass is 449 g/mol. The molecule has 2 aromatic rings. The maximum Gasteiger partial charge on any atom is 0.494 e. The van der Waals surface area contributed by atoms with Crippen molar-refractivity contribution in [3.05, 3.63) is 47.9 Å². The van der Waals surface area contributed by atoms with E-state index in [2.05, 4.69) is 43.7 Å². The fourth-order valence-electron chi connectivity index (χ4n) is 4.35. The molecule has 3 aliphatic rings. The number of H-pyrrole nitrogens is 1. The lowest BCUT2D eigenvalue weighted by Crippen LogP contribution is -2.41. The second kappa shape index (κ2) is 7.21. The highest BCUT2D eigenvalue weighted by atomic mass is 16.7. The maximum atomic E-state index is 12.8. The Morgan fingerprint density at radius 2 is 1.79 bits per heavy atom. The number of carbonyl (C=O) groups excluding carboxylic acids is 1. The van der Waals surface area contributed by atoms with Crippen LogP contribution in [-0.4, -0.2) is 50.9 Å². The van der Waals surface area contributed by atoms with E-state index in [1.54, 1.807) is 4.90 Å². The fraction of sp³-hybridized carbons (Fsp3) is 0.520. The number of aromatic amines is 1. The van der Waals surface area contributed by atoms with Crippen LogP contribution in [0.1, 0.15) is 66.8 Å². The molecular weight excluding hydrogens is 417 g/mol. The molecule has 174 valence electrons. The number of hydrogen-bond acceptors (Lipinski definition) is 5. The zero-order valence-corrected chi connectivity index (χ0v) is 20.4. The van der Waals surface area contributed by atoms with Crippen molar-refractivity contribution in [2.24, 2.45) is 0 Å². The lowest BCUT2D eigenvalue weighted by molar-refractivity contribution is 0.00578. The first-order valence-corrected chi connectivity index (χ1v) is 11.6. The Labute approximate surface area is 195 Å². The largest absolute Gasteiger partial charge is 0.494 e. The van der Waals surface area contributed by atoms with Crippen molar-refractivity contribution in [1.82, 2.24) is 14.9 Å². The summed E-state index contributed by atoms with van der Waals surface area (Å²) in [6, 6.07) is 8.07. The number of aromatic nitrogens is 2. The van der Waals surface area contributed by atoms with Crippen LogP contribution in [0.3, 0.4) is 0 Å². The Balaban J connectivity index is 1.32. The van der Waals surface area contributed by atoms with E-state index in [-0.39, 0.29) is 36.5 Å². The number of fused-ring (bicyclic) bond motifs is 1. The highest BCUT2D eigenvalue weighted by Gasteiger charge is 2.52. The molecule has 1 aromatic carbocycles. The summed E-state index contributed by atoms with van der Waals surface area (Å²) in [6.45, 7) is 13.9. The van der Waals surface area contributed by atoms with E-state index in [4.69, 9.17) is 14.0 Å². The first-order valence-electron chi connectivity index (χ1n) is 11.6. The highest BCUT2D eigenvalue weighted by Crippen LogP contribution is 2.48. The van der Waals surface area contributed by atoms with Crippen molar-refractivity contribution < 1.29 is 18.8 Å². The Kier molecular flexibility index (Phi) is 4.86. The molecule has 33 heavy (non-hydrogen) atoms. The van der Waals surface area contributed by atoms with E-state index < -0.39 is 5.60 Å². The average molecular weight is 449 g/mol. The molecule has 5 rings (SSSR count). The van der Waals surface area contributed by atoms with Crippen LogP contribution in [0.4, 0.5) is 4.79 Å². The Morgan fingerprint density at radius 3 is 2.39 bits per heavy atom. The van der Waals surface area contributed by atoms with Gasteiger partial charge in [-0.15, -0.1) is 0 Å². The maximum absolute atomic E-state index is 12.8. The zero-order chi connectivity index (χ0) is 23.8. The van der Waals surface area contributed by atoms with Gasteiger partial charge in [0.1, 0.15) is 11.4 Å². The van der Waals surface area contributed by atoms with Crippen LogP contribution < -0.4 is 5.46 Å². The average Bonchev–Trinajstić information content (AvgIpc) is 3.07. The van der Waals surface area contributed by atoms with Crippen molar-refractivity contribution in [2.45, 2.75) is 83.8 Å². The van der Waals surface area contributed by atoms with Gasteiger partial charge in [0.2, 0.25) is 0 Å². The number of amides is 1. The lowest BCUT2D eigenvalue weighted by atomic mass is 9.79. The number of ether oxygens (including phenoxy) is 1.